The Morgan fingerprint density at radius 1 is 0.750 bits per heavy atom. The molecular formula is C14H24Cl4I2N4. The van der Waals surface area contributed by atoms with E-state index < -0.39 is 37.9 Å². The molecule has 0 saturated heterocycles. The molecule has 2 aromatic rings. The molecule has 0 amide bonds. The number of unbranched alkanes of at least 4 members (excludes halogenated alkanes) is 3. The number of imidazole rings is 2. The molecule has 2 aromatic heterocycles. The molecule has 0 aliphatic carbocycles. The Kier molecular flexibility index (Phi) is 18.2. The summed E-state index contributed by atoms with van der Waals surface area (Å²) in [5.41, 5.74) is 0. The van der Waals surface area contributed by atoms with Crippen molar-refractivity contribution >= 4 is 35.6 Å². The predicted molar refractivity (Wildman–Crippen MR) is 93.2 cm³/mol. The van der Waals surface area contributed by atoms with E-state index in [9.17, 15) is 0 Å². The number of aromatic amines is 2. The summed E-state index contributed by atoms with van der Waals surface area (Å²) in [6.45, 7) is 0. The molecule has 0 aromatic carbocycles. The van der Waals surface area contributed by atoms with Gasteiger partial charge >= 0.3 is 73.5 Å². The van der Waals surface area contributed by atoms with E-state index in [0.717, 1.165) is 12.8 Å². The van der Waals surface area contributed by atoms with Gasteiger partial charge in [-0.3, -0.25) is 0 Å². The number of hydrogen-bond donors (Lipinski definition) is 2. The summed E-state index contributed by atoms with van der Waals surface area (Å²) in [6.07, 6.45) is 15.6. The maximum atomic E-state index is 4.87. The van der Waals surface area contributed by atoms with Gasteiger partial charge in [0.1, 0.15) is 24.8 Å². The zero-order valence-electron chi connectivity index (χ0n) is 13.7. The van der Waals surface area contributed by atoms with Gasteiger partial charge in [0, 0.05) is 12.8 Å². The third-order valence-electron chi connectivity index (χ3n) is 3.52. The minimum absolute atomic E-state index is 0.466. The van der Waals surface area contributed by atoms with Gasteiger partial charge < -0.3 is 0 Å². The Morgan fingerprint density at radius 3 is 1.33 bits per heavy atom. The maximum absolute atomic E-state index is 4.87. The molecular weight excluding hydrogens is 620 g/mol. The second-order valence-electron chi connectivity index (χ2n) is 5.06. The van der Waals surface area contributed by atoms with Gasteiger partial charge in [0.25, 0.3) is 11.6 Å². The molecule has 24 heavy (non-hydrogen) atoms. The normalized spacial score (nSPS) is 10.1. The first kappa shape index (κ1) is 25.0. The summed E-state index contributed by atoms with van der Waals surface area (Å²) in [6, 6.07) is 0. The summed E-state index contributed by atoms with van der Waals surface area (Å²) in [4.78, 5) is 6.56. The van der Waals surface area contributed by atoms with Crippen molar-refractivity contribution in [3.05, 3.63) is 36.4 Å². The van der Waals surface area contributed by atoms with Crippen LogP contribution >= 0.6 is 35.6 Å². The third-order valence-corrected chi connectivity index (χ3v) is 3.52. The van der Waals surface area contributed by atoms with E-state index in [4.69, 9.17) is 35.6 Å². The molecule has 0 aliphatic heterocycles. The summed E-state index contributed by atoms with van der Waals surface area (Å²) >= 11 is -0.931. The van der Waals surface area contributed by atoms with E-state index in [0.29, 0.717) is 0 Å². The van der Waals surface area contributed by atoms with Crippen LogP contribution in [0, 0.1) is 0 Å². The molecule has 2 rings (SSSR count). The van der Waals surface area contributed by atoms with Crippen LogP contribution in [-0.4, -0.2) is 9.97 Å². The van der Waals surface area contributed by atoms with Gasteiger partial charge in [-0.2, -0.15) is 0 Å². The SMILES string of the molecule is C[n+]1cc[nH]c1CCCCCCc1[nH]cc[n+]1C.Cl[I-]Cl.Cl[I-]Cl. The van der Waals surface area contributed by atoms with Crippen molar-refractivity contribution < 1.29 is 47.0 Å². The number of rotatable bonds is 7. The Bertz CT molecular complexity index is 476. The number of nitrogens with one attached hydrogen (secondary N) is 2. The van der Waals surface area contributed by atoms with Gasteiger partial charge in [-0.05, 0) is 12.8 Å². The zero-order chi connectivity index (χ0) is 18.2. The van der Waals surface area contributed by atoms with Crippen LogP contribution in [0.2, 0.25) is 0 Å². The molecule has 0 unspecified atom stereocenters. The molecule has 0 atom stereocenters. The van der Waals surface area contributed by atoms with Crippen molar-refractivity contribution in [3.63, 3.8) is 0 Å². The van der Waals surface area contributed by atoms with Crippen LogP contribution in [0.15, 0.2) is 24.8 Å². The Balaban J connectivity index is 0.000000772. The van der Waals surface area contributed by atoms with Gasteiger partial charge in [0.05, 0.1) is 14.1 Å². The topological polar surface area (TPSA) is 39.3 Å². The second-order valence-corrected chi connectivity index (χ2v) is 11.5. The van der Waals surface area contributed by atoms with Crippen molar-refractivity contribution in [2.24, 2.45) is 14.1 Å². The van der Waals surface area contributed by atoms with E-state index in [1.165, 1.54) is 37.3 Å². The Hall–Kier alpha value is 1.04. The quantitative estimate of drug-likeness (QED) is 0.201. The molecule has 4 nitrogen and oxygen atoms in total. The van der Waals surface area contributed by atoms with Crippen molar-refractivity contribution in [1.29, 1.82) is 0 Å². The molecule has 0 spiro atoms. The summed E-state index contributed by atoms with van der Waals surface area (Å²) in [5, 5.41) is 0. The third kappa shape index (κ3) is 12.4. The molecule has 0 radical (unpaired) electrons. The van der Waals surface area contributed by atoms with E-state index in [1.54, 1.807) is 0 Å². The van der Waals surface area contributed by atoms with Crippen molar-refractivity contribution in [2.45, 2.75) is 38.5 Å². The number of aryl methyl sites for hydroxylation is 4. The van der Waals surface area contributed by atoms with E-state index in [2.05, 4.69) is 45.6 Å². The van der Waals surface area contributed by atoms with Crippen molar-refractivity contribution in [2.75, 3.05) is 0 Å². The summed E-state index contributed by atoms with van der Waals surface area (Å²) < 4.78 is 4.33. The fraction of sp³-hybridized carbons (Fsp3) is 0.571. The van der Waals surface area contributed by atoms with E-state index in [-0.39, 0.29) is 0 Å². The van der Waals surface area contributed by atoms with Crippen LogP contribution < -0.4 is 47.0 Å². The van der Waals surface area contributed by atoms with Gasteiger partial charge in [-0.15, -0.1) is 0 Å². The first-order valence-corrected chi connectivity index (χ1v) is 18.3. The standard InChI is InChI=1S/C14H22N4.2Cl2I/c1-17-11-9-15-13(17)7-5-3-4-6-8-14-16-10-12-18(14)2;2*1-3-2/h9-12H,3-8H2,1-2H3;;/q;2*-1/p+2. The summed E-state index contributed by atoms with van der Waals surface area (Å²) in [5.74, 6) is 2.65. The fourth-order valence-electron chi connectivity index (χ4n) is 2.31. The van der Waals surface area contributed by atoms with Crippen LogP contribution in [0.25, 0.3) is 0 Å². The molecule has 2 N–H and O–H groups in total. The Morgan fingerprint density at radius 2 is 1.08 bits per heavy atom. The molecule has 0 bridgehead atoms. The summed E-state index contributed by atoms with van der Waals surface area (Å²) in [7, 11) is 23.7. The van der Waals surface area contributed by atoms with Gasteiger partial charge in [-0.25, -0.2) is 19.1 Å². The van der Waals surface area contributed by atoms with Gasteiger partial charge in [0.15, 0.2) is 0 Å². The van der Waals surface area contributed by atoms with Crippen molar-refractivity contribution in [3.8, 4) is 0 Å². The fourth-order valence-corrected chi connectivity index (χ4v) is 2.31. The van der Waals surface area contributed by atoms with Crippen LogP contribution in [-0.2, 0) is 26.9 Å². The predicted octanol–water partition coefficient (Wildman–Crippen LogP) is -1.90. The van der Waals surface area contributed by atoms with Crippen LogP contribution in [0.1, 0.15) is 37.3 Å². The molecule has 0 fully saturated rings. The van der Waals surface area contributed by atoms with Crippen molar-refractivity contribution in [1.82, 2.24) is 9.97 Å². The Labute approximate surface area is 180 Å². The molecule has 0 aliphatic rings. The number of hydrogen-bond acceptors (Lipinski definition) is 0. The number of nitrogens with zero attached hydrogens (tertiary/aromatic N) is 2. The number of aromatic nitrogens is 4. The van der Waals surface area contributed by atoms with Crippen LogP contribution in [0.3, 0.4) is 0 Å². The van der Waals surface area contributed by atoms with Crippen LogP contribution in [0.5, 0.6) is 0 Å². The molecule has 10 heteroatoms. The first-order chi connectivity index (χ1) is 11.6. The van der Waals surface area contributed by atoms with E-state index in [1.807, 2.05) is 12.4 Å². The molecule has 0 saturated carbocycles. The second kappa shape index (κ2) is 17.5. The van der Waals surface area contributed by atoms with E-state index >= 15 is 0 Å². The van der Waals surface area contributed by atoms with Gasteiger partial charge in [0.2, 0.25) is 0 Å². The first-order valence-electron chi connectivity index (χ1n) is 7.38. The van der Waals surface area contributed by atoms with Gasteiger partial charge in [-0.1, -0.05) is 12.8 Å². The molecule has 142 valence electrons. The zero-order valence-corrected chi connectivity index (χ0v) is 21.1. The average molecular weight is 644 g/mol. The monoisotopic (exact) mass is 642 g/mol. The number of halogens is 6. The minimum atomic E-state index is -0.466. The van der Waals surface area contributed by atoms with Crippen LogP contribution in [0.4, 0.5) is 0 Å². The molecule has 2 heterocycles. The average Bonchev–Trinajstić information content (AvgIpc) is 3.13. The number of H-pyrrole nitrogens is 2.